The Balaban J connectivity index is 2.04. The number of nitrogens with two attached hydrogens (primary N) is 1. The number of anilines is 1. The average Bonchev–Trinajstić information content (AvgIpc) is 2.62. The summed E-state index contributed by atoms with van der Waals surface area (Å²) in [5.41, 5.74) is 7.03. The van der Waals surface area contributed by atoms with Gasteiger partial charge in [-0.3, -0.25) is 9.78 Å². The van der Waals surface area contributed by atoms with E-state index in [0.717, 1.165) is 38.2 Å². The van der Waals surface area contributed by atoms with Crippen LogP contribution in [0.1, 0.15) is 25.5 Å². The van der Waals surface area contributed by atoms with Crippen molar-refractivity contribution in [2.75, 3.05) is 32.4 Å². The van der Waals surface area contributed by atoms with Gasteiger partial charge in [0.05, 0.1) is 18.3 Å². The first kappa shape index (κ1) is 14.8. The molecule has 0 spiro atoms. The van der Waals surface area contributed by atoms with Crippen LogP contribution in [-0.4, -0.2) is 53.4 Å². The van der Waals surface area contributed by atoms with E-state index in [2.05, 4.69) is 23.9 Å². The van der Waals surface area contributed by atoms with Crippen LogP contribution in [0.3, 0.4) is 0 Å². The number of nitrogen functional groups attached to an aromatic ring is 1. The lowest BCUT2D eigenvalue weighted by Gasteiger charge is -2.30. The van der Waals surface area contributed by atoms with E-state index >= 15 is 0 Å². The van der Waals surface area contributed by atoms with Gasteiger partial charge in [-0.05, 0) is 38.6 Å². The van der Waals surface area contributed by atoms with Gasteiger partial charge < -0.3 is 15.5 Å². The van der Waals surface area contributed by atoms with Crippen LogP contribution in [-0.2, 0) is 11.2 Å². The Kier molecular flexibility index (Phi) is 4.95. The number of amides is 1. The summed E-state index contributed by atoms with van der Waals surface area (Å²) in [4.78, 5) is 21.1. The highest BCUT2D eigenvalue weighted by Crippen LogP contribution is 2.14. The molecule has 1 saturated heterocycles. The second-order valence-corrected chi connectivity index (χ2v) is 5.52. The van der Waals surface area contributed by atoms with Gasteiger partial charge in [0.1, 0.15) is 0 Å². The molecule has 5 nitrogen and oxygen atoms in total. The summed E-state index contributed by atoms with van der Waals surface area (Å²) in [6, 6.07) is 3.94. The third kappa shape index (κ3) is 3.70. The molecule has 5 heteroatoms. The molecule has 1 unspecified atom stereocenters. The monoisotopic (exact) mass is 276 g/mol. The summed E-state index contributed by atoms with van der Waals surface area (Å²) >= 11 is 0. The van der Waals surface area contributed by atoms with Crippen molar-refractivity contribution in [1.82, 2.24) is 14.8 Å². The minimum absolute atomic E-state index is 0.171. The van der Waals surface area contributed by atoms with Crippen molar-refractivity contribution in [2.45, 2.75) is 32.2 Å². The first-order valence-corrected chi connectivity index (χ1v) is 7.28. The first-order valence-electron chi connectivity index (χ1n) is 7.28. The molecule has 0 radical (unpaired) electrons. The highest BCUT2D eigenvalue weighted by Gasteiger charge is 2.26. The molecule has 0 aliphatic carbocycles. The molecular formula is C15H24N4O. The number of nitrogens with zero attached hydrogens (tertiary/aromatic N) is 3. The molecule has 0 bridgehead atoms. The van der Waals surface area contributed by atoms with Gasteiger partial charge in [-0.1, -0.05) is 6.92 Å². The molecule has 1 aliphatic rings. The minimum atomic E-state index is 0.171. The molecule has 2 heterocycles. The minimum Gasteiger partial charge on any atom is -0.397 e. The number of aromatic nitrogens is 1. The van der Waals surface area contributed by atoms with Gasteiger partial charge in [0.2, 0.25) is 5.91 Å². The summed E-state index contributed by atoms with van der Waals surface area (Å²) in [5, 5.41) is 0. The van der Waals surface area contributed by atoms with E-state index in [1.54, 1.807) is 12.3 Å². The van der Waals surface area contributed by atoms with Gasteiger partial charge in [0.15, 0.2) is 0 Å². The van der Waals surface area contributed by atoms with Gasteiger partial charge in [0.25, 0.3) is 0 Å². The summed E-state index contributed by atoms with van der Waals surface area (Å²) in [7, 11) is 2.12. The number of likely N-dealkylation sites (N-methyl/N-ethyl adjacent to an activating group) is 1. The maximum Gasteiger partial charge on any atom is 0.228 e. The fraction of sp³-hybridized carbons (Fsp3) is 0.600. The number of rotatable bonds is 3. The van der Waals surface area contributed by atoms with Gasteiger partial charge in [-0.15, -0.1) is 0 Å². The fourth-order valence-corrected chi connectivity index (χ4v) is 2.72. The highest BCUT2D eigenvalue weighted by molar-refractivity contribution is 5.78. The fourth-order valence-electron chi connectivity index (χ4n) is 2.72. The zero-order valence-electron chi connectivity index (χ0n) is 12.4. The first-order chi connectivity index (χ1) is 9.60. The predicted molar refractivity (Wildman–Crippen MR) is 80.3 cm³/mol. The largest absolute Gasteiger partial charge is 0.397 e. The van der Waals surface area contributed by atoms with Crippen LogP contribution < -0.4 is 5.73 Å². The molecular weight excluding hydrogens is 252 g/mol. The van der Waals surface area contributed by atoms with E-state index < -0.39 is 0 Å². The van der Waals surface area contributed by atoms with E-state index in [4.69, 9.17) is 5.73 Å². The third-order valence-electron chi connectivity index (χ3n) is 3.87. The third-order valence-corrected chi connectivity index (χ3v) is 3.87. The van der Waals surface area contributed by atoms with Crippen molar-refractivity contribution in [3.8, 4) is 0 Å². The molecule has 1 aromatic heterocycles. The van der Waals surface area contributed by atoms with Crippen LogP contribution in [0.2, 0.25) is 0 Å². The molecule has 1 aromatic rings. The average molecular weight is 276 g/mol. The molecule has 1 atom stereocenters. The van der Waals surface area contributed by atoms with Crippen molar-refractivity contribution in [3.05, 3.63) is 24.0 Å². The van der Waals surface area contributed by atoms with E-state index in [9.17, 15) is 4.79 Å². The lowest BCUT2D eigenvalue weighted by Crippen LogP contribution is -2.44. The topological polar surface area (TPSA) is 62.5 Å². The van der Waals surface area contributed by atoms with Crippen LogP contribution in [0.25, 0.3) is 0 Å². The molecule has 2 N–H and O–H groups in total. The van der Waals surface area contributed by atoms with Gasteiger partial charge in [0, 0.05) is 24.8 Å². The summed E-state index contributed by atoms with van der Waals surface area (Å²) in [5.74, 6) is 0.171. The van der Waals surface area contributed by atoms with E-state index in [0.29, 0.717) is 18.2 Å². The standard InChI is InChI=1S/C15H24N4O/c1-3-14-11-18(2)7-4-8-19(14)15(20)9-13-6-5-12(16)10-17-13/h5-6,10,14H,3-4,7-9,11,16H2,1-2H3. The number of pyridine rings is 1. The molecule has 2 rings (SSSR count). The van der Waals surface area contributed by atoms with Crippen LogP contribution >= 0.6 is 0 Å². The van der Waals surface area contributed by atoms with Crippen molar-refractivity contribution >= 4 is 11.6 Å². The quantitative estimate of drug-likeness (QED) is 0.899. The van der Waals surface area contributed by atoms with E-state index in [-0.39, 0.29) is 5.91 Å². The number of carbonyl (C=O) groups excluding carboxylic acids is 1. The highest BCUT2D eigenvalue weighted by atomic mass is 16.2. The molecule has 20 heavy (non-hydrogen) atoms. The van der Waals surface area contributed by atoms with Gasteiger partial charge in [-0.25, -0.2) is 0 Å². The Morgan fingerprint density at radius 1 is 1.45 bits per heavy atom. The van der Waals surface area contributed by atoms with Crippen LogP contribution in [0.5, 0.6) is 0 Å². The maximum absolute atomic E-state index is 12.5. The zero-order chi connectivity index (χ0) is 14.5. The second kappa shape index (κ2) is 6.70. The summed E-state index contributed by atoms with van der Waals surface area (Å²) < 4.78 is 0. The Hall–Kier alpha value is -1.62. The lowest BCUT2D eigenvalue weighted by atomic mass is 10.1. The normalized spacial score (nSPS) is 20.7. The van der Waals surface area contributed by atoms with Crippen LogP contribution in [0.4, 0.5) is 5.69 Å². The van der Waals surface area contributed by atoms with E-state index in [1.165, 1.54) is 0 Å². The van der Waals surface area contributed by atoms with Gasteiger partial charge >= 0.3 is 0 Å². The summed E-state index contributed by atoms with van der Waals surface area (Å²) in [6.07, 6.45) is 4.00. The van der Waals surface area contributed by atoms with Crippen LogP contribution in [0.15, 0.2) is 18.3 Å². The Morgan fingerprint density at radius 2 is 2.25 bits per heavy atom. The summed E-state index contributed by atoms with van der Waals surface area (Å²) in [6.45, 7) is 5.00. The molecule has 0 aromatic carbocycles. The van der Waals surface area contributed by atoms with Crippen molar-refractivity contribution in [1.29, 1.82) is 0 Å². The Morgan fingerprint density at radius 3 is 2.90 bits per heavy atom. The molecule has 1 amide bonds. The Labute approximate surface area is 120 Å². The maximum atomic E-state index is 12.5. The molecule has 1 aliphatic heterocycles. The SMILES string of the molecule is CCC1CN(C)CCCN1C(=O)Cc1ccc(N)cn1. The smallest absolute Gasteiger partial charge is 0.228 e. The lowest BCUT2D eigenvalue weighted by molar-refractivity contribution is -0.132. The number of hydrogen-bond donors (Lipinski definition) is 1. The molecule has 1 fully saturated rings. The predicted octanol–water partition coefficient (Wildman–Crippen LogP) is 1.15. The van der Waals surface area contributed by atoms with E-state index in [1.807, 2.05) is 11.0 Å². The van der Waals surface area contributed by atoms with Crippen LogP contribution in [0, 0.1) is 0 Å². The van der Waals surface area contributed by atoms with Crippen molar-refractivity contribution in [3.63, 3.8) is 0 Å². The van der Waals surface area contributed by atoms with Crippen molar-refractivity contribution in [2.24, 2.45) is 0 Å². The second-order valence-electron chi connectivity index (χ2n) is 5.52. The number of carbonyl (C=O) groups is 1. The molecule has 0 saturated carbocycles. The zero-order valence-corrected chi connectivity index (χ0v) is 12.4. The molecule has 110 valence electrons. The Bertz CT molecular complexity index is 446. The van der Waals surface area contributed by atoms with Crippen molar-refractivity contribution < 1.29 is 4.79 Å². The number of hydrogen-bond acceptors (Lipinski definition) is 4. The van der Waals surface area contributed by atoms with Gasteiger partial charge in [-0.2, -0.15) is 0 Å².